The number of rotatable bonds is 1. The number of phenols is 2. The zero-order valence-corrected chi connectivity index (χ0v) is 9.36. The summed E-state index contributed by atoms with van der Waals surface area (Å²) in [7, 11) is 0. The summed E-state index contributed by atoms with van der Waals surface area (Å²) in [5.74, 6) is 0.207. The second-order valence-electron chi connectivity index (χ2n) is 3.99. The minimum Gasteiger partial charge on any atom is -0.507 e. The van der Waals surface area contributed by atoms with Gasteiger partial charge in [-0.3, -0.25) is 0 Å². The van der Waals surface area contributed by atoms with Crippen LogP contribution in [0.15, 0.2) is 36.4 Å². The van der Waals surface area contributed by atoms with Gasteiger partial charge in [0.05, 0.1) is 5.56 Å². The van der Waals surface area contributed by atoms with Gasteiger partial charge in [0, 0.05) is 0 Å². The van der Waals surface area contributed by atoms with E-state index in [2.05, 4.69) is 0 Å². The molecule has 0 saturated heterocycles. The number of aromatic hydroxyl groups is 2. The molecular formula is C14H14O2. The average molecular weight is 214 g/mol. The van der Waals surface area contributed by atoms with Gasteiger partial charge in [0.25, 0.3) is 0 Å². The summed E-state index contributed by atoms with van der Waals surface area (Å²) in [5, 5.41) is 19.6. The van der Waals surface area contributed by atoms with Gasteiger partial charge in [-0.15, -0.1) is 0 Å². The molecule has 2 aromatic carbocycles. The van der Waals surface area contributed by atoms with Gasteiger partial charge < -0.3 is 10.2 Å². The fourth-order valence-corrected chi connectivity index (χ4v) is 1.90. The highest BCUT2D eigenvalue weighted by Crippen LogP contribution is 2.38. The molecule has 0 aliphatic heterocycles. The fraction of sp³-hybridized carbons (Fsp3) is 0.143. The molecule has 0 aromatic heterocycles. The maximum absolute atomic E-state index is 9.78. The molecule has 0 aliphatic rings. The highest BCUT2D eigenvalue weighted by molar-refractivity contribution is 5.78. The van der Waals surface area contributed by atoms with Gasteiger partial charge in [-0.2, -0.15) is 0 Å². The van der Waals surface area contributed by atoms with Crippen molar-refractivity contribution in [3.8, 4) is 22.6 Å². The minimum absolute atomic E-state index is 0.104. The standard InChI is InChI=1S/C14H14O2/c1-9-6-7-11(10(2)8-9)14-12(15)4-3-5-13(14)16/h3-8,15-16H,1-2H3. The Balaban J connectivity index is 2.68. The number of phenolic OH excluding ortho intramolecular Hbond substituents is 2. The first-order chi connectivity index (χ1) is 7.59. The van der Waals surface area contributed by atoms with Crippen molar-refractivity contribution < 1.29 is 10.2 Å². The lowest BCUT2D eigenvalue weighted by atomic mass is 9.97. The van der Waals surface area contributed by atoms with Gasteiger partial charge in [0.2, 0.25) is 0 Å². The monoisotopic (exact) mass is 214 g/mol. The summed E-state index contributed by atoms with van der Waals surface area (Å²) < 4.78 is 0. The highest BCUT2D eigenvalue weighted by atomic mass is 16.3. The van der Waals surface area contributed by atoms with E-state index in [9.17, 15) is 10.2 Å². The highest BCUT2D eigenvalue weighted by Gasteiger charge is 2.11. The Morgan fingerprint density at radius 3 is 2.06 bits per heavy atom. The SMILES string of the molecule is Cc1ccc(-c2c(O)cccc2O)c(C)c1. The van der Waals surface area contributed by atoms with Crippen molar-refractivity contribution in [2.45, 2.75) is 13.8 Å². The molecule has 0 bridgehead atoms. The second kappa shape index (κ2) is 3.89. The van der Waals surface area contributed by atoms with Gasteiger partial charge in [-0.25, -0.2) is 0 Å². The number of aryl methyl sites for hydroxylation is 2. The van der Waals surface area contributed by atoms with Gasteiger partial charge >= 0.3 is 0 Å². The van der Waals surface area contributed by atoms with Crippen molar-refractivity contribution in [2.75, 3.05) is 0 Å². The van der Waals surface area contributed by atoms with E-state index >= 15 is 0 Å². The molecule has 0 aliphatic carbocycles. The first-order valence-corrected chi connectivity index (χ1v) is 5.18. The molecule has 0 amide bonds. The van der Waals surface area contributed by atoms with Crippen LogP contribution in [0.5, 0.6) is 11.5 Å². The molecule has 2 aromatic rings. The summed E-state index contributed by atoms with van der Waals surface area (Å²) in [5.41, 5.74) is 3.56. The molecule has 0 spiro atoms. The van der Waals surface area contributed by atoms with Crippen LogP contribution >= 0.6 is 0 Å². The number of benzene rings is 2. The molecule has 0 saturated carbocycles. The number of hydrogen-bond donors (Lipinski definition) is 2. The molecule has 0 radical (unpaired) electrons. The predicted octanol–water partition coefficient (Wildman–Crippen LogP) is 3.38. The summed E-state index contributed by atoms with van der Waals surface area (Å²) in [4.78, 5) is 0. The molecule has 82 valence electrons. The van der Waals surface area contributed by atoms with E-state index in [0.29, 0.717) is 5.56 Å². The van der Waals surface area contributed by atoms with Gasteiger partial charge in [0.15, 0.2) is 0 Å². The van der Waals surface area contributed by atoms with Crippen LogP contribution in [0.2, 0.25) is 0 Å². The van der Waals surface area contributed by atoms with Crippen molar-refractivity contribution in [3.05, 3.63) is 47.5 Å². The molecule has 2 rings (SSSR count). The molecule has 0 heterocycles. The molecule has 16 heavy (non-hydrogen) atoms. The van der Waals surface area contributed by atoms with E-state index in [-0.39, 0.29) is 11.5 Å². The van der Waals surface area contributed by atoms with Crippen molar-refractivity contribution in [3.63, 3.8) is 0 Å². The molecule has 2 nitrogen and oxygen atoms in total. The first-order valence-electron chi connectivity index (χ1n) is 5.18. The van der Waals surface area contributed by atoms with Crippen LogP contribution in [0.1, 0.15) is 11.1 Å². The van der Waals surface area contributed by atoms with Gasteiger partial charge in [-0.1, -0.05) is 29.8 Å². The topological polar surface area (TPSA) is 40.5 Å². The van der Waals surface area contributed by atoms with Crippen LogP contribution in [0.25, 0.3) is 11.1 Å². The summed E-state index contributed by atoms with van der Waals surface area (Å²) in [6.45, 7) is 3.98. The Kier molecular flexibility index (Phi) is 2.57. The smallest absolute Gasteiger partial charge is 0.127 e. The Morgan fingerprint density at radius 2 is 1.50 bits per heavy atom. The third kappa shape index (κ3) is 1.74. The molecular weight excluding hydrogens is 200 g/mol. The fourth-order valence-electron chi connectivity index (χ4n) is 1.90. The van der Waals surface area contributed by atoms with E-state index < -0.39 is 0 Å². The Morgan fingerprint density at radius 1 is 0.875 bits per heavy atom. The van der Waals surface area contributed by atoms with Crippen LogP contribution in [-0.2, 0) is 0 Å². The molecule has 2 heteroatoms. The van der Waals surface area contributed by atoms with Crippen molar-refractivity contribution >= 4 is 0 Å². The van der Waals surface area contributed by atoms with E-state index in [1.165, 1.54) is 0 Å². The second-order valence-corrected chi connectivity index (χ2v) is 3.99. The van der Waals surface area contributed by atoms with E-state index in [1.54, 1.807) is 18.2 Å². The van der Waals surface area contributed by atoms with Crippen LogP contribution in [-0.4, -0.2) is 10.2 Å². The molecule has 0 unspecified atom stereocenters. The van der Waals surface area contributed by atoms with Crippen molar-refractivity contribution in [1.82, 2.24) is 0 Å². The summed E-state index contributed by atoms with van der Waals surface area (Å²) in [6.07, 6.45) is 0. The normalized spacial score (nSPS) is 10.4. The quantitative estimate of drug-likeness (QED) is 0.764. The lowest BCUT2D eigenvalue weighted by Gasteiger charge is -2.10. The first kappa shape index (κ1) is 10.6. The van der Waals surface area contributed by atoms with E-state index in [4.69, 9.17) is 0 Å². The van der Waals surface area contributed by atoms with E-state index in [1.807, 2.05) is 32.0 Å². The largest absolute Gasteiger partial charge is 0.507 e. The third-order valence-corrected chi connectivity index (χ3v) is 2.67. The Hall–Kier alpha value is -1.96. The maximum atomic E-state index is 9.78. The van der Waals surface area contributed by atoms with Crippen LogP contribution < -0.4 is 0 Å². The Bertz CT molecular complexity index is 510. The van der Waals surface area contributed by atoms with Crippen molar-refractivity contribution in [2.24, 2.45) is 0 Å². The minimum atomic E-state index is 0.104. The predicted molar refractivity (Wildman–Crippen MR) is 64.7 cm³/mol. The lowest BCUT2D eigenvalue weighted by molar-refractivity contribution is 0.454. The zero-order valence-electron chi connectivity index (χ0n) is 9.36. The van der Waals surface area contributed by atoms with Crippen LogP contribution in [0.4, 0.5) is 0 Å². The lowest BCUT2D eigenvalue weighted by Crippen LogP contribution is -1.86. The summed E-state index contributed by atoms with van der Waals surface area (Å²) >= 11 is 0. The number of hydrogen-bond acceptors (Lipinski definition) is 2. The van der Waals surface area contributed by atoms with Crippen LogP contribution in [0.3, 0.4) is 0 Å². The zero-order chi connectivity index (χ0) is 11.7. The van der Waals surface area contributed by atoms with Gasteiger partial charge in [-0.05, 0) is 37.1 Å². The van der Waals surface area contributed by atoms with E-state index in [0.717, 1.165) is 16.7 Å². The van der Waals surface area contributed by atoms with Gasteiger partial charge in [0.1, 0.15) is 11.5 Å². The summed E-state index contributed by atoms with van der Waals surface area (Å²) in [6, 6.07) is 10.7. The Labute approximate surface area is 94.8 Å². The van der Waals surface area contributed by atoms with Crippen LogP contribution in [0, 0.1) is 13.8 Å². The molecule has 0 atom stereocenters. The third-order valence-electron chi connectivity index (χ3n) is 2.67. The van der Waals surface area contributed by atoms with Crippen molar-refractivity contribution in [1.29, 1.82) is 0 Å². The maximum Gasteiger partial charge on any atom is 0.127 e. The molecule has 0 fully saturated rings. The molecule has 2 N–H and O–H groups in total. The average Bonchev–Trinajstić information content (AvgIpc) is 2.20.